The van der Waals surface area contributed by atoms with Crippen LogP contribution in [0.5, 0.6) is 5.75 Å². The van der Waals surface area contributed by atoms with Gasteiger partial charge < -0.3 is 9.64 Å². The molecule has 1 N–H and O–H groups in total. The molecule has 0 aromatic heterocycles. The molecule has 0 unspecified atom stereocenters. The van der Waals surface area contributed by atoms with Crippen molar-refractivity contribution in [3.8, 4) is 5.75 Å². The molecule has 0 bridgehead atoms. The Kier molecular flexibility index (Phi) is 6.66. The summed E-state index contributed by atoms with van der Waals surface area (Å²) in [7, 11) is 0. The van der Waals surface area contributed by atoms with Crippen molar-refractivity contribution >= 4 is 0 Å². The minimum Gasteiger partial charge on any atom is -0.494 e. The molecule has 0 saturated heterocycles. The maximum absolute atomic E-state index is 5.65. The van der Waals surface area contributed by atoms with E-state index in [0.717, 1.165) is 18.8 Å². The number of para-hydroxylation sites is 1. The standard InChI is InChI=1S/C14H23NO/c1-3-15(4-2)12-8-9-13-16-14-10-6-5-7-11-14/h5-7,10-11H,3-4,8-9,12-13H2,1-2H3/p+1. The summed E-state index contributed by atoms with van der Waals surface area (Å²) in [6.07, 6.45) is 2.41. The maximum Gasteiger partial charge on any atom is 0.119 e. The van der Waals surface area contributed by atoms with Gasteiger partial charge in [0.2, 0.25) is 0 Å². The number of quaternary nitrogens is 1. The lowest BCUT2D eigenvalue weighted by Gasteiger charge is -2.14. The third-order valence-electron chi connectivity index (χ3n) is 2.94. The van der Waals surface area contributed by atoms with E-state index in [2.05, 4.69) is 13.8 Å². The molecule has 0 fully saturated rings. The minimum absolute atomic E-state index is 0.838. The summed E-state index contributed by atoms with van der Waals surface area (Å²) >= 11 is 0. The van der Waals surface area contributed by atoms with Crippen LogP contribution in [0.1, 0.15) is 26.7 Å². The van der Waals surface area contributed by atoms with Crippen LogP contribution in [-0.2, 0) is 0 Å². The fourth-order valence-corrected chi connectivity index (χ4v) is 1.79. The summed E-state index contributed by atoms with van der Waals surface area (Å²) in [4.78, 5) is 1.68. The van der Waals surface area contributed by atoms with Crippen LogP contribution in [0.25, 0.3) is 0 Å². The van der Waals surface area contributed by atoms with E-state index in [1.54, 1.807) is 4.90 Å². The predicted molar refractivity (Wildman–Crippen MR) is 68.1 cm³/mol. The Bertz CT molecular complexity index is 257. The molecule has 0 spiro atoms. The van der Waals surface area contributed by atoms with E-state index in [9.17, 15) is 0 Å². The zero-order chi connectivity index (χ0) is 11.6. The van der Waals surface area contributed by atoms with Crippen LogP contribution in [0.2, 0.25) is 0 Å². The lowest BCUT2D eigenvalue weighted by Crippen LogP contribution is -3.11. The van der Waals surface area contributed by atoms with E-state index < -0.39 is 0 Å². The Morgan fingerprint density at radius 1 is 1.00 bits per heavy atom. The average Bonchev–Trinajstić information content (AvgIpc) is 2.35. The smallest absolute Gasteiger partial charge is 0.119 e. The van der Waals surface area contributed by atoms with Crippen LogP contribution in [0, 0.1) is 0 Å². The van der Waals surface area contributed by atoms with Gasteiger partial charge in [-0.25, -0.2) is 0 Å². The Morgan fingerprint density at radius 3 is 2.31 bits per heavy atom. The van der Waals surface area contributed by atoms with E-state index in [0.29, 0.717) is 0 Å². The fraction of sp³-hybridized carbons (Fsp3) is 0.571. The van der Waals surface area contributed by atoms with Crippen LogP contribution in [0.15, 0.2) is 30.3 Å². The second-order valence-electron chi connectivity index (χ2n) is 4.08. The molecule has 0 heterocycles. The molecule has 0 atom stereocenters. The van der Waals surface area contributed by atoms with Gasteiger partial charge in [-0.2, -0.15) is 0 Å². The van der Waals surface area contributed by atoms with Crippen molar-refractivity contribution < 1.29 is 9.64 Å². The number of hydrogen-bond donors (Lipinski definition) is 1. The summed E-state index contributed by atoms with van der Waals surface area (Å²) in [5.41, 5.74) is 0. The van der Waals surface area contributed by atoms with Crippen molar-refractivity contribution in [2.24, 2.45) is 0 Å². The van der Waals surface area contributed by atoms with Crippen molar-refractivity contribution in [2.45, 2.75) is 26.7 Å². The van der Waals surface area contributed by atoms with Gasteiger partial charge in [0.25, 0.3) is 0 Å². The molecule has 0 radical (unpaired) electrons. The molecule has 1 aromatic carbocycles. The molecule has 0 aliphatic carbocycles. The first-order valence-corrected chi connectivity index (χ1v) is 6.38. The van der Waals surface area contributed by atoms with Gasteiger partial charge in [-0.15, -0.1) is 0 Å². The van der Waals surface area contributed by atoms with Crippen LogP contribution >= 0.6 is 0 Å². The number of unbranched alkanes of at least 4 members (excludes halogenated alkanes) is 1. The van der Waals surface area contributed by atoms with Crippen molar-refractivity contribution in [1.82, 2.24) is 0 Å². The van der Waals surface area contributed by atoms with Gasteiger partial charge in [0, 0.05) is 0 Å². The molecule has 1 rings (SSSR count). The van der Waals surface area contributed by atoms with E-state index in [1.165, 1.54) is 26.1 Å². The molecular formula is C14H24NO+. The lowest BCUT2D eigenvalue weighted by atomic mass is 10.3. The molecule has 0 amide bonds. The molecule has 16 heavy (non-hydrogen) atoms. The van der Waals surface area contributed by atoms with Crippen molar-refractivity contribution in [2.75, 3.05) is 26.2 Å². The number of hydrogen-bond acceptors (Lipinski definition) is 1. The third-order valence-corrected chi connectivity index (χ3v) is 2.94. The van der Waals surface area contributed by atoms with Gasteiger partial charge in [-0.3, -0.25) is 0 Å². The van der Waals surface area contributed by atoms with Gasteiger partial charge in [0.15, 0.2) is 0 Å². The van der Waals surface area contributed by atoms with Crippen LogP contribution in [-0.4, -0.2) is 26.2 Å². The number of nitrogens with one attached hydrogen (secondary N) is 1. The second-order valence-corrected chi connectivity index (χ2v) is 4.08. The zero-order valence-electron chi connectivity index (χ0n) is 10.5. The molecule has 2 nitrogen and oxygen atoms in total. The highest BCUT2D eigenvalue weighted by atomic mass is 16.5. The van der Waals surface area contributed by atoms with Gasteiger partial charge in [-0.1, -0.05) is 18.2 Å². The Hall–Kier alpha value is -1.02. The Labute approximate surface area is 99.2 Å². The lowest BCUT2D eigenvalue weighted by molar-refractivity contribution is -0.896. The summed E-state index contributed by atoms with van der Waals surface area (Å²) in [6, 6.07) is 10.0. The average molecular weight is 222 g/mol. The van der Waals surface area contributed by atoms with E-state index in [1.807, 2.05) is 30.3 Å². The monoisotopic (exact) mass is 222 g/mol. The van der Waals surface area contributed by atoms with Crippen molar-refractivity contribution in [3.05, 3.63) is 30.3 Å². The van der Waals surface area contributed by atoms with E-state index in [4.69, 9.17) is 4.74 Å². The minimum atomic E-state index is 0.838. The highest BCUT2D eigenvalue weighted by Crippen LogP contribution is 2.08. The van der Waals surface area contributed by atoms with Crippen LogP contribution in [0.3, 0.4) is 0 Å². The first-order valence-electron chi connectivity index (χ1n) is 6.38. The molecule has 2 heteroatoms. The van der Waals surface area contributed by atoms with Crippen LogP contribution in [0.4, 0.5) is 0 Å². The first kappa shape index (κ1) is 13.0. The highest BCUT2D eigenvalue weighted by Gasteiger charge is 2.01. The summed E-state index contributed by atoms with van der Waals surface area (Å²) < 4.78 is 5.65. The number of benzene rings is 1. The number of rotatable bonds is 8. The summed E-state index contributed by atoms with van der Waals surface area (Å²) in [6.45, 7) is 9.07. The molecule has 0 aliphatic heterocycles. The van der Waals surface area contributed by atoms with Gasteiger partial charge >= 0.3 is 0 Å². The zero-order valence-corrected chi connectivity index (χ0v) is 10.5. The van der Waals surface area contributed by atoms with E-state index in [-0.39, 0.29) is 0 Å². The molecule has 0 saturated carbocycles. The largest absolute Gasteiger partial charge is 0.494 e. The first-order chi connectivity index (χ1) is 7.86. The molecule has 90 valence electrons. The quantitative estimate of drug-likeness (QED) is 0.662. The van der Waals surface area contributed by atoms with Gasteiger partial charge in [0.05, 0.1) is 26.2 Å². The van der Waals surface area contributed by atoms with Gasteiger partial charge in [0.1, 0.15) is 5.75 Å². The van der Waals surface area contributed by atoms with Gasteiger partial charge in [-0.05, 0) is 38.8 Å². The van der Waals surface area contributed by atoms with Crippen molar-refractivity contribution in [1.29, 1.82) is 0 Å². The second kappa shape index (κ2) is 8.17. The third kappa shape index (κ3) is 5.17. The summed E-state index contributed by atoms with van der Waals surface area (Å²) in [5.74, 6) is 0.984. The Balaban J connectivity index is 2.04. The summed E-state index contributed by atoms with van der Waals surface area (Å²) in [5, 5.41) is 0. The highest BCUT2D eigenvalue weighted by molar-refractivity contribution is 5.20. The van der Waals surface area contributed by atoms with Crippen LogP contribution < -0.4 is 9.64 Å². The SMILES string of the molecule is CC[NH+](CC)CCCCOc1ccccc1. The molecule has 1 aromatic rings. The van der Waals surface area contributed by atoms with E-state index >= 15 is 0 Å². The fourth-order valence-electron chi connectivity index (χ4n) is 1.79. The number of ether oxygens (including phenoxy) is 1. The van der Waals surface area contributed by atoms with Crippen molar-refractivity contribution in [3.63, 3.8) is 0 Å². The maximum atomic E-state index is 5.65. The Morgan fingerprint density at radius 2 is 1.69 bits per heavy atom. The topological polar surface area (TPSA) is 13.7 Å². The normalized spacial score (nSPS) is 10.7. The molecular weight excluding hydrogens is 198 g/mol. The molecule has 0 aliphatic rings. The predicted octanol–water partition coefficient (Wildman–Crippen LogP) is 1.77.